The fourth-order valence-corrected chi connectivity index (χ4v) is 2.62. The van der Waals surface area contributed by atoms with Crippen molar-refractivity contribution in [3.63, 3.8) is 0 Å². The van der Waals surface area contributed by atoms with Crippen LogP contribution in [0.3, 0.4) is 0 Å². The molecular weight excluding hydrogens is 240 g/mol. The number of fused-ring (bicyclic) bond motifs is 1. The second-order valence-electron chi connectivity index (χ2n) is 4.84. The summed E-state index contributed by atoms with van der Waals surface area (Å²) in [5, 5.41) is 11.9. The molecule has 1 aromatic carbocycles. The summed E-state index contributed by atoms with van der Waals surface area (Å²) in [6, 6.07) is 6.10. The van der Waals surface area contributed by atoms with Crippen molar-refractivity contribution in [1.82, 2.24) is 20.2 Å². The lowest BCUT2D eigenvalue weighted by Gasteiger charge is -2.20. The normalized spacial score (nSPS) is 13.8. The highest BCUT2D eigenvalue weighted by Gasteiger charge is 2.23. The zero-order valence-electron chi connectivity index (χ0n) is 11.1. The third kappa shape index (κ3) is 2.14. The minimum atomic E-state index is 0.716. The number of aromatic nitrogens is 4. The van der Waals surface area contributed by atoms with Crippen molar-refractivity contribution in [1.29, 1.82) is 0 Å². The predicted octanol–water partition coefficient (Wildman–Crippen LogP) is 1.23. The molecule has 0 saturated heterocycles. The lowest BCUT2D eigenvalue weighted by molar-refractivity contribution is 0.550. The Morgan fingerprint density at radius 2 is 2.26 bits per heavy atom. The van der Waals surface area contributed by atoms with Crippen molar-refractivity contribution in [2.75, 3.05) is 17.2 Å². The molecule has 0 unspecified atom stereocenters. The number of benzene rings is 1. The molecule has 100 valence electrons. The van der Waals surface area contributed by atoms with E-state index in [1.807, 2.05) is 16.8 Å². The van der Waals surface area contributed by atoms with Gasteiger partial charge in [-0.05, 0) is 34.9 Å². The van der Waals surface area contributed by atoms with E-state index in [0.717, 1.165) is 43.1 Å². The largest absolute Gasteiger partial charge is 0.397 e. The van der Waals surface area contributed by atoms with Crippen LogP contribution in [0.4, 0.5) is 11.4 Å². The summed E-state index contributed by atoms with van der Waals surface area (Å²) in [6.07, 6.45) is 2.06. The quantitative estimate of drug-likeness (QED) is 0.835. The Morgan fingerprint density at radius 1 is 1.37 bits per heavy atom. The van der Waals surface area contributed by atoms with E-state index in [1.165, 1.54) is 5.56 Å². The maximum absolute atomic E-state index is 6.09. The molecular formula is C13H18N6. The van der Waals surface area contributed by atoms with Gasteiger partial charge in [-0.1, -0.05) is 19.1 Å². The minimum absolute atomic E-state index is 0.716. The molecule has 0 spiro atoms. The molecule has 19 heavy (non-hydrogen) atoms. The van der Waals surface area contributed by atoms with Gasteiger partial charge in [0.25, 0.3) is 0 Å². The molecule has 2 heterocycles. The number of tetrazole rings is 1. The number of aryl methyl sites for hydroxylation is 1. The molecule has 1 aromatic heterocycles. The second kappa shape index (κ2) is 4.87. The molecule has 0 saturated carbocycles. The van der Waals surface area contributed by atoms with Crippen molar-refractivity contribution >= 4 is 11.4 Å². The van der Waals surface area contributed by atoms with E-state index in [-0.39, 0.29) is 0 Å². The molecule has 2 aromatic rings. The summed E-state index contributed by atoms with van der Waals surface area (Å²) < 4.78 is 1.87. The second-order valence-corrected chi connectivity index (χ2v) is 4.84. The van der Waals surface area contributed by atoms with E-state index in [9.17, 15) is 0 Å². The molecule has 0 aliphatic carbocycles. The topological polar surface area (TPSA) is 72.9 Å². The summed E-state index contributed by atoms with van der Waals surface area (Å²) >= 11 is 0. The van der Waals surface area contributed by atoms with E-state index in [4.69, 9.17) is 5.73 Å². The van der Waals surface area contributed by atoms with Crippen molar-refractivity contribution < 1.29 is 0 Å². The van der Waals surface area contributed by atoms with Crippen molar-refractivity contribution in [3.05, 3.63) is 29.6 Å². The van der Waals surface area contributed by atoms with E-state index in [2.05, 4.69) is 33.4 Å². The van der Waals surface area contributed by atoms with Gasteiger partial charge < -0.3 is 10.6 Å². The summed E-state index contributed by atoms with van der Waals surface area (Å²) in [6.45, 7) is 4.67. The van der Waals surface area contributed by atoms with E-state index >= 15 is 0 Å². The molecule has 0 atom stereocenters. The first kappa shape index (κ1) is 12.0. The number of nitrogens with two attached hydrogens (primary N) is 1. The van der Waals surface area contributed by atoms with E-state index in [1.54, 1.807) is 0 Å². The van der Waals surface area contributed by atoms with Gasteiger partial charge in [-0.2, -0.15) is 0 Å². The number of nitrogens with zero attached hydrogens (tertiary/aromatic N) is 5. The van der Waals surface area contributed by atoms with Gasteiger partial charge in [-0.3, -0.25) is 0 Å². The molecule has 3 rings (SSSR count). The first-order valence-corrected chi connectivity index (χ1v) is 6.67. The average Bonchev–Trinajstić information content (AvgIpc) is 3.00. The zero-order valence-corrected chi connectivity index (χ0v) is 11.1. The highest BCUT2D eigenvalue weighted by atomic mass is 15.5. The number of para-hydroxylation sites is 1. The van der Waals surface area contributed by atoms with Crippen LogP contribution >= 0.6 is 0 Å². The molecule has 0 fully saturated rings. The van der Waals surface area contributed by atoms with Crippen molar-refractivity contribution in [3.8, 4) is 0 Å². The van der Waals surface area contributed by atoms with Gasteiger partial charge in [0, 0.05) is 13.1 Å². The van der Waals surface area contributed by atoms with Crippen LogP contribution in [0, 0.1) is 0 Å². The van der Waals surface area contributed by atoms with Gasteiger partial charge in [0.05, 0.1) is 17.9 Å². The van der Waals surface area contributed by atoms with Crippen LogP contribution in [0.1, 0.15) is 24.7 Å². The number of hydrogen-bond acceptors (Lipinski definition) is 5. The van der Waals surface area contributed by atoms with Gasteiger partial charge in [0.1, 0.15) is 0 Å². The first-order valence-electron chi connectivity index (χ1n) is 6.67. The van der Waals surface area contributed by atoms with Crippen LogP contribution < -0.4 is 10.6 Å². The van der Waals surface area contributed by atoms with Crippen LogP contribution in [-0.4, -0.2) is 26.8 Å². The third-order valence-corrected chi connectivity index (χ3v) is 3.49. The smallest absolute Gasteiger partial charge is 0.170 e. The molecule has 0 radical (unpaired) electrons. The Labute approximate surface area is 112 Å². The SMILES string of the molecule is CCCn1nnnc1CN1CCc2cccc(N)c21. The van der Waals surface area contributed by atoms with Crippen LogP contribution in [-0.2, 0) is 19.5 Å². The Hall–Kier alpha value is -2.11. The summed E-state index contributed by atoms with van der Waals surface area (Å²) in [4.78, 5) is 2.27. The predicted molar refractivity (Wildman–Crippen MR) is 73.7 cm³/mol. The summed E-state index contributed by atoms with van der Waals surface area (Å²) in [7, 11) is 0. The maximum Gasteiger partial charge on any atom is 0.170 e. The van der Waals surface area contributed by atoms with Crippen LogP contribution in [0.5, 0.6) is 0 Å². The monoisotopic (exact) mass is 258 g/mol. The third-order valence-electron chi connectivity index (χ3n) is 3.49. The molecule has 1 aliphatic heterocycles. The Balaban J connectivity index is 1.85. The fraction of sp³-hybridized carbons (Fsp3) is 0.462. The fourth-order valence-electron chi connectivity index (χ4n) is 2.62. The number of anilines is 2. The highest BCUT2D eigenvalue weighted by Crippen LogP contribution is 2.34. The van der Waals surface area contributed by atoms with Gasteiger partial charge in [0.2, 0.25) is 0 Å². The molecule has 6 heteroatoms. The van der Waals surface area contributed by atoms with Crippen molar-refractivity contribution in [2.45, 2.75) is 32.9 Å². The highest BCUT2D eigenvalue weighted by molar-refractivity contribution is 5.74. The maximum atomic E-state index is 6.09. The summed E-state index contributed by atoms with van der Waals surface area (Å²) in [5.74, 6) is 0.901. The Morgan fingerprint density at radius 3 is 3.11 bits per heavy atom. The average molecular weight is 258 g/mol. The lowest BCUT2D eigenvalue weighted by Crippen LogP contribution is -2.23. The molecule has 1 aliphatic rings. The van der Waals surface area contributed by atoms with E-state index in [0.29, 0.717) is 6.54 Å². The minimum Gasteiger partial charge on any atom is -0.397 e. The molecule has 0 bridgehead atoms. The van der Waals surface area contributed by atoms with Gasteiger partial charge in [-0.15, -0.1) is 5.10 Å². The number of rotatable bonds is 4. The molecule has 2 N–H and O–H groups in total. The number of hydrogen-bond donors (Lipinski definition) is 1. The Kier molecular flexibility index (Phi) is 3.06. The van der Waals surface area contributed by atoms with Gasteiger partial charge >= 0.3 is 0 Å². The number of nitrogen functional groups attached to an aromatic ring is 1. The standard InChI is InChI=1S/C13H18N6/c1-2-7-19-12(15-16-17-19)9-18-8-6-10-4-3-5-11(14)13(10)18/h3-5H,2,6-9,14H2,1H3. The first-order chi connectivity index (χ1) is 9.29. The zero-order chi connectivity index (χ0) is 13.2. The molecule has 0 amide bonds. The van der Waals surface area contributed by atoms with Crippen molar-refractivity contribution in [2.24, 2.45) is 0 Å². The Bertz CT molecular complexity index is 576. The van der Waals surface area contributed by atoms with Gasteiger partial charge in [0.15, 0.2) is 5.82 Å². The summed E-state index contributed by atoms with van der Waals surface area (Å²) in [5.41, 5.74) is 9.39. The van der Waals surface area contributed by atoms with Crippen LogP contribution in [0.25, 0.3) is 0 Å². The molecule has 6 nitrogen and oxygen atoms in total. The van der Waals surface area contributed by atoms with Crippen LogP contribution in [0.15, 0.2) is 18.2 Å². The van der Waals surface area contributed by atoms with E-state index < -0.39 is 0 Å². The lowest BCUT2D eigenvalue weighted by atomic mass is 10.1. The van der Waals surface area contributed by atoms with Gasteiger partial charge in [-0.25, -0.2) is 4.68 Å². The van der Waals surface area contributed by atoms with Crippen LogP contribution in [0.2, 0.25) is 0 Å².